The zero-order valence-electron chi connectivity index (χ0n) is 16.9. The number of alkyl halides is 3. The van der Waals surface area contributed by atoms with E-state index in [1.807, 2.05) is 0 Å². The van der Waals surface area contributed by atoms with Gasteiger partial charge in [0.25, 0.3) is 10.0 Å². The molecule has 0 radical (unpaired) electrons. The van der Waals surface area contributed by atoms with Gasteiger partial charge in [-0.05, 0) is 60.0 Å². The monoisotopic (exact) mass is 465 g/mol. The van der Waals surface area contributed by atoms with Crippen LogP contribution in [0, 0.1) is 6.92 Å². The number of esters is 1. The fraction of sp³-hybridized carbons (Fsp3) is 0.136. The first-order valence-corrected chi connectivity index (χ1v) is 10.6. The van der Waals surface area contributed by atoms with Gasteiger partial charge in [-0.15, -0.1) is 13.2 Å². The number of sulfonamides is 1. The summed E-state index contributed by atoms with van der Waals surface area (Å²) in [7, 11) is -2.77. The van der Waals surface area contributed by atoms with Gasteiger partial charge in [0.2, 0.25) is 0 Å². The average Bonchev–Trinajstić information content (AvgIpc) is 2.73. The lowest BCUT2D eigenvalue weighted by Crippen LogP contribution is -2.16. The Labute approximate surface area is 182 Å². The summed E-state index contributed by atoms with van der Waals surface area (Å²) in [5.74, 6) is -0.981. The zero-order chi connectivity index (χ0) is 23.5. The molecular weight excluding hydrogens is 447 g/mol. The summed E-state index contributed by atoms with van der Waals surface area (Å²) in [5.41, 5.74) is 2.27. The number of carbonyl (C=O) groups is 1. The summed E-state index contributed by atoms with van der Waals surface area (Å²) in [6.07, 6.45) is -4.77. The largest absolute Gasteiger partial charge is 0.573 e. The lowest BCUT2D eigenvalue weighted by atomic mass is 10.1. The van der Waals surface area contributed by atoms with Crippen molar-refractivity contribution in [2.75, 3.05) is 11.8 Å². The second-order valence-electron chi connectivity index (χ2n) is 6.72. The predicted molar refractivity (Wildman–Crippen MR) is 112 cm³/mol. The molecule has 3 rings (SSSR count). The molecular formula is C22H18F3NO5S. The van der Waals surface area contributed by atoms with Gasteiger partial charge < -0.3 is 9.47 Å². The van der Waals surface area contributed by atoms with E-state index >= 15 is 0 Å². The highest BCUT2D eigenvalue weighted by Gasteiger charge is 2.31. The van der Waals surface area contributed by atoms with Crippen LogP contribution in [0.4, 0.5) is 18.9 Å². The van der Waals surface area contributed by atoms with Crippen LogP contribution in [-0.4, -0.2) is 27.9 Å². The molecule has 6 nitrogen and oxygen atoms in total. The first-order chi connectivity index (χ1) is 15.0. The third-order valence-electron chi connectivity index (χ3n) is 4.48. The lowest BCUT2D eigenvalue weighted by molar-refractivity contribution is -0.274. The standard InChI is InChI=1S/C22H18F3NO5S/c1-14-3-12-19(13-20(14)21(27)30-2)32(28,29)26-17-8-4-15(5-9-17)16-6-10-18(11-7-16)31-22(23,24)25/h3-13,26H,1-2H3. The van der Waals surface area contributed by atoms with Gasteiger partial charge in [0.05, 0.1) is 17.6 Å². The number of rotatable bonds is 6. The summed E-state index contributed by atoms with van der Waals surface area (Å²) in [5, 5.41) is 0. The smallest absolute Gasteiger partial charge is 0.465 e. The van der Waals surface area contributed by atoms with Crippen LogP contribution in [-0.2, 0) is 14.8 Å². The summed E-state index contributed by atoms with van der Waals surface area (Å²) in [6, 6.07) is 15.7. The maximum absolute atomic E-state index is 12.7. The molecule has 0 aromatic heterocycles. The number of aryl methyl sites for hydroxylation is 1. The van der Waals surface area contributed by atoms with Crippen LogP contribution in [0.25, 0.3) is 11.1 Å². The molecule has 0 aliphatic heterocycles. The predicted octanol–water partition coefficient (Wildman–Crippen LogP) is 5.15. The molecule has 168 valence electrons. The molecule has 3 aromatic rings. The Morgan fingerprint density at radius 3 is 2.00 bits per heavy atom. The molecule has 0 saturated heterocycles. The normalized spacial score (nSPS) is 11.7. The first-order valence-electron chi connectivity index (χ1n) is 9.16. The Hall–Kier alpha value is -3.53. The number of benzene rings is 3. The highest BCUT2D eigenvalue weighted by Crippen LogP contribution is 2.28. The van der Waals surface area contributed by atoms with Crippen LogP contribution >= 0.6 is 0 Å². The van der Waals surface area contributed by atoms with E-state index in [2.05, 4.69) is 14.2 Å². The minimum absolute atomic E-state index is 0.104. The highest BCUT2D eigenvalue weighted by molar-refractivity contribution is 7.92. The van der Waals surface area contributed by atoms with E-state index in [1.54, 1.807) is 19.1 Å². The van der Waals surface area contributed by atoms with Crippen LogP contribution in [0.15, 0.2) is 71.6 Å². The summed E-state index contributed by atoms with van der Waals surface area (Å²) in [6.45, 7) is 1.66. The molecule has 0 spiro atoms. The Morgan fingerprint density at radius 1 is 0.906 bits per heavy atom. The molecule has 0 fully saturated rings. The molecule has 0 aliphatic rings. The van der Waals surface area contributed by atoms with Gasteiger partial charge in [-0.3, -0.25) is 4.72 Å². The van der Waals surface area contributed by atoms with Gasteiger partial charge >= 0.3 is 12.3 Å². The molecule has 0 heterocycles. The molecule has 0 amide bonds. The van der Waals surface area contributed by atoms with E-state index in [0.29, 0.717) is 16.7 Å². The van der Waals surface area contributed by atoms with Crippen molar-refractivity contribution in [2.45, 2.75) is 18.2 Å². The SMILES string of the molecule is COC(=O)c1cc(S(=O)(=O)Nc2ccc(-c3ccc(OC(F)(F)F)cc3)cc2)ccc1C. The van der Waals surface area contributed by atoms with Crippen molar-refractivity contribution < 1.29 is 35.9 Å². The molecule has 32 heavy (non-hydrogen) atoms. The van der Waals surface area contributed by atoms with Crippen molar-refractivity contribution in [3.8, 4) is 16.9 Å². The van der Waals surface area contributed by atoms with E-state index in [9.17, 15) is 26.4 Å². The fourth-order valence-corrected chi connectivity index (χ4v) is 3.98. The van der Waals surface area contributed by atoms with E-state index in [-0.39, 0.29) is 21.9 Å². The van der Waals surface area contributed by atoms with Gasteiger partial charge in [0.15, 0.2) is 0 Å². The average molecular weight is 465 g/mol. The van der Waals surface area contributed by atoms with Crippen LogP contribution in [0.2, 0.25) is 0 Å². The number of hydrogen-bond acceptors (Lipinski definition) is 5. The molecule has 3 aromatic carbocycles. The Kier molecular flexibility index (Phi) is 6.45. The van der Waals surface area contributed by atoms with Crippen LogP contribution in [0.1, 0.15) is 15.9 Å². The second-order valence-corrected chi connectivity index (χ2v) is 8.41. The maximum Gasteiger partial charge on any atom is 0.573 e. The number of anilines is 1. The third kappa shape index (κ3) is 5.58. The Balaban J connectivity index is 1.77. The number of nitrogens with one attached hydrogen (secondary N) is 1. The quantitative estimate of drug-likeness (QED) is 0.510. The minimum Gasteiger partial charge on any atom is -0.465 e. The number of methoxy groups -OCH3 is 1. The summed E-state index contributed by atoms with van der Waals surface area (Å²) in [4.78, 5) is 11.7. The van der Waals surface area contributed by atoms with Gasteiger partial charge in [-0.25, -0.2) is 13.2 Å². The van der Waals surface area contributed by atoms with E-state index < -0.39 is 22.4 Å². The van der Waals surface area contributed by atoms with Crippen molar-refractivity contribution in [3.05, 3.63) is 77.9 Å². The number of halogens is 3. The minimum atomic E-state index is -4.77. The molecule has 0 saturated carbocycles. The fourth-order valence-electron chi connectivity index (χ4n) is 2.89. The number of ether oxygens (including phenoxy) is 2. The molecule has 1 N–H and O–H groups in total. The molecule has 0 bridgehead atoms. The van der Waals surface area contributed by atoms with Crippen LogP contribution in [0.3, 0.4) is 0 Å². The molecule has 0 unspecified atom stereocenters. The second kappa shape index (κ2) is 8.91. The van der Waals surface area contributed by atoms with Gasteiger partial charge in [-0.1, -0.05) is 30.3 Å². The van der Waals surface area contributed by atoms with Crippen molar-refractivity contribution in [1.29, 1.82) is 0 Å². The maximum atomic E-state index is 12.7. The van der Waals surface area contributed by atoms with Crippen molar-refractivity contribution >= 4 is 21.7 Å². The van der Waals surface area contributed by atoms with E-state index in [0.717, 1.165) is 0 Å². The van der Waals surface area contributed by atoms with Crippen molar-refractivity contribution in [2.24, 2.45) is 0 Å². The molecule has 0 aliphatic carbocycles. The zero-order valence-corrected chi connectivity index (χ0v) is 17.8. The molecule has 10 heteroatoms. The summed E-state index contributed by atoms with van der Waals surface area (Å²) < 4.78 is 73.2. The Bertz CT molecular complexity index is 1220. The van der Waals surface area contributed by atoms with Gasteiger partial charge in [0.1, 0.15) is 5.75 Å². The Morgan fingerprint density at radius 2 is 1.47 bits per heavy atom. The first kappa shape index (κ1) is 23.1. The van der Waals surface area contributed by atoms with Crippen LogP contribution < -0.4 is 9.46 Å². The molecule has 0 atom stereocenters. The van der Waals surface area contributed by atoms with Crippen molar-refractivity contribution in [1.82, 2.24) is 0 Å². The number of hydrogen-bond donors (Lipinski definition) is 1. The topological polar surface area (TPSA) is 81.7 Å². The lowest BCUT2D eigenvalue weighted by Gasteiger charge is -2.12. The van der Waals surface area contributed by atoms with Gasteiger partial charge in [0, 0.05) is 5.69 Å². The van der Waals surface area contributed by atoms with E-state index in [1.165, 1.54) is 61.7 Å². The third-order valence-corrected chi connectivity index (χ3v) is 5.86. The van der Waals surface area contributed by atoms with Crippen molar-refractivity contribution in [3.63, 3.8) is 0 Å². The van der Waals surface area contributed by atoms with E-state index in [4.69, 9.17) is 0 Å². The van der Waals surface area contributed by atoms with Gasteiger partial charge in [-0.2, -0.15) is 0 Å². The van der Waals surface area contributed by atoms with Crippen LogP contribution in [0.5, 0.6) is 5.75 Å². The summed E-state index contributed by atoms with van der Waals surface area (Å²) >= 11 is 0. The highest BCUT2D eigenvalue weighted by atomic mass is 32.2. The number of carbonyl (C=O) groups excluding carboxylic acids is 1.